The molecule has 0 radical (unpaired) electrons. The number of hydrogen-bond acceptors (Lipinski definition) is 6. The van der Waals surface area contributed by atoms with Crippen molar-refractivity contribution in [3.8, 4) is 0 Å². The summed E-state index contributed by atoms with van der Waals surface area (Å²) in [7, 11) is 1.73. The molecule has 0 atom stereocenters. The van der Waals surface area contributed by atoms with E-state index in [1.54, 1.807) is 11.9 Å². The molecule has 4 rings (SSSR count). The second-order valence-corrected chi connectivity index (χ2v) is 9.90. The summed E-state index contributed by atoms with van der Waals surface area (Å²) >= 11 is 1.47. The van der Waals surface area contributed by atoms with Crippen molar-refractivity contribution in [1.29, 1.82) is 0 Å². The number of thiazole rings is 1. The Balaban J connectivity index is 1.64. The second-order valence-electron chi connectivity index (χ2n) is 8.89. The van der Waals surface area contributed by atoms with Gasteiger partial charge in [-0.25, -0.2) is 14.8 Å². The Hall–Kier alpha value is -3.27. The molecule has 0 aliphatic heterocycles. The number of aromatic nitrogens is 5. The maximum atomic E-state index is 13.0. The third-order valence-electron chi connectivity index (χ3n) is 5.75. The number of anilines is 1. The van der Waals surface area contributed by atoms with Gasteiger partial charge < -0.3 is 4.57 Å². The molecule has 0 fully saturated rings. The van der Waals surface area contributed by atoms with Crippen LogP contribution in [-0.2, 0) is 24.3 Å². The molecule has 1 amide bonds. The number of H-pyrrole nitrogens is 1. The van der Waals surface area contributed by atoms with Gasteiger partial charge in [0.2, 0.25) is 5.91 Å². The van der Waals surface area contributed by atoms with Crippen molar-refractivity contribution in [2.75, 3.05) is 11.9 Å². The third kappa shape index (κ3) is 4.68. The number of unbranched alkanes of at least 4 members (excludes halogenated alkanes) is 1. The number of para-hydroxylation sites is 1. The Morgan fingerprint density at radius 1 is 1.18 bits per heavy atom. The number of carbonyl (C=O) groups excluding carboxylic acids is 1. The fourth-order valence-electron chi connectivity index (χ4n) is 3.99. The number of fused-ring (bicyclic) bond motifs is 2. The molecule has 0 spiro atoms. The SMILES string of the molecule is CCCCn1c(=O)[nH]c(=O)c2c1nc(CCC(=O)N(C)c1nc3ccccc3s1)n2CC(C)C. The van der Waals surface area contributed by atoms with Gasteiger partial charge in [-0.3, -0.25) is 24.0 Å². The highest BCUT2D eigenvalue weighted by Gasteiger charge is 2.21. The molecule has 0 saturated carbocycles. The topological polar surface area (TPSA) is 106 Å². The van der Waals surface area contributed by atoms with Crippen LogP contribution in [0.25, 0.3) is 21.4 Å². The summed E-state index contributed by atoms with van der Waals surface area (Å²) in [6, 6.07) is 7.79. The first-order valence-corrected chi connectivity index (χ1v) is 12.5. The monoisotopic (exact) mass is 482 g/mol. The first kappa shape index (κ1) is 23.9. The van der Waals surface area contributed by atoms with Crippen LogP contribution in [0.3, 0.4) is 0 Å². The van der Waals surface area contributed by atoms with Crippen molar-refractivity contribution >= 4 is 43.8 Å². The van der Waals surface area contributed by atoms with E-state index in [1.807, 2.05) is 35.8 Å². The Labute approximate surface area is 201 Å². The number of nitrogens with one attached hydrogen (secondary N) is 1. The highest BCUT2D eigenvalue weighted by molar-refractivity contribution is 7.22. The molecule has 3 heterocycles. The smallest absolute Gasteiger partial charge is 0.322 e. The van der Waals surface area contributed by atoms with Crippen LogP contribution in [0, 0.1) is 5.92 Å². The summed E-state index contributed by atoms with van der Waals surface area (Å²) in [5, 5.41) is 0.645. The molecule has 0 bridgehead atoms. The van der Waals surface area contributed by atoms with Gasteiger partial charge in [0, 0.05) is 33.0 Å². The molecule has 3 aromatic heterocycles. The summed E-state index contributed by atoms with van der Waals surface area (Å²) in [4.78, 5) is 51.5. The van der Waals surface area contributed by atoms with E-state index in [9.17, 15) is 14.4 Å². The highest BCUT2D eigenvalue weighted by atomic mass is 32.1. The first-order chi connectivity index (χ1) is 16.3. The molecule has 10 heteroatoms. The number of nitrogens with zero attached hydrogens (tertiary/aromatic N) is 5. The van der Waals surface area contributed by atoms with Gasteiger partial charge in [-0.2, -0.15) is 0 Å². The van der Waals surface area contributed by atoms with Gasteiger partial charge >= 0.3 is 5.69 Å². The number of rotatable bonds is 9. The van der Waals surface area contributed by atoms with Crippen LogP contribution in [0.2, 0.25) is 0 Å². The van der Waals surface area contributed by atoms with Crippen LogP contribution in [0.1, 0.15) is 45.9 Å². The maximum absolute atomic E-state index is 13.0. The third-order valence-corrected chi connectivity index (χ3v) is 6.87. The summed E-state index contributed by atoms with van der Waals surface area (Å²) in [6.45, 7) is 7.22. The Morgan fingerprint density at radius 2 is 1.94 bits per heavy atom. The average Bonchev–Trinajstić information content (AvgIpc) is 3.38. The van der Waals surface area contributed by atoms with Crippen molar-refractivity contribution in [2.45, 2.75) is 59.5 Å². The van der Waals surface area contributed by atoms with E-state index >= 15 is 0 Å². The van der Waals surface area contributed by atoms with Gasteiger partial charge in [0.15, 0.2) is 16.3 Å². The predicted octanol–water partition coefficient (Wildman–Crippen LogP) is 3.55. The lowest BCUT2D eigenvalue weighted by Crippen LogP contribution is -2.31. The van der Waals surface area contributed by atoms with E-state index in [-0.39, 0.29) is 18.2 Å². The molecular weight excluding hydrogens is 452 g/mol. The second kappa shape index (κ2) is 9.92. The minimum atomic E-state index is -0.446. The zero-order valence-corrected chi connectivity index (χ0v) is 20.8. The summed E-state index contributed by atoms with van der Waals surface area (Å²) < 4.78 is 4.43. The standard InChI is InChI=1S/C24H30N6O3S/c1-5-6-13-29-21-20(22(32)27-23(29)33)30(14-15(2)3)18(26-21)11-12-19(31)28(4)24-25-16-9-7-8-10-17(16)34-24/h7-10,15H,5-6,11-14H2,1-4H3,(H,27,32,33). The molecular formula is C24H30N6O3S. The minimum absolute atomic E-state index is 0.0838. The lowest BCUT2D eigenvalue weighted by atomic mass is 10.2. The summed E-state index contributed by atoms with van der Waals surface area (Å²) in [6.07, 6.45) is 2.29. The van der Waals surface area contributed by atoms with E-state index in [0.29, 0.717) is 41.6 Å². The number of hydrogen-bond donors (Lipinski definition) is 1. The predicted molar refractivity (Wildman–Crippen MR) is 136 cm³/mol. The molecule has 0 saturated heterocycles. The molecule has 1 N–H and O–H groups in total. The van der Waals surface area contributed by atoms with E-state index in [0.717, 1.165) is 23.1 Å². The molecule has 4 aromatic rings. The number of imidazole rings is 1. The van der Waals surface area contributed by atoms with Gasteiger partial charge in [0.25, 0.3) is 5.56 Å². The van der Waals surface area contributed by atoms with Crippen molar-refractivity contribution in [3.63, 3.8) is 0 Å². The number of aromatic amines is 1. The summed E-state index contributed by atoms with van der Waals surface area (Å²) in [5.74, 6) is 0.809. The summed E-state index contributed by atoms with van der Waals surface area (Å²) in [5.41, 5.74) is 0.768. The maximum Gasteiger partial charge on any atom is 0.330 e. The average molecular weight is 483 g/mol. The van der Waals surface area contributed by atoms with Crippen LogP contribution in [-0.4, -0.2) is 37.0 Å². The van der Waals surface area contributed by atoms with Gasteiger partial charge in [-0.15, -0.1) is 0 Å². The first-order valence-electron chi connectivity index (χ1n) is 11.6. The molecule has 9 nitrogen and oxygen atoms in total. The molecule has 0 unspecified atom stereocenters. The molecule has 180 valence electrons. The van der Waals surface area contributed by atoms with Crippen LogP contribution in [0.15, 0.2) is 33.9 Å². The number of amides is 1. The van der Waals surface area contributed by atoms with Crippen LogP contribution >= 0.6 is 11.3 Å². The minimum Gasteiger partial charge on any atom is -0.322 e. The quantitative estimate of drug-likeness (QED) is 0.393. The van der Waals surface area contributed by atoms with E-state index in [4.69, 9.17) is 4.98 Å². The van der Waals surface area contributed by atoms with Gasteiger partial charge in [0.05, 0.1) is 10.2 Å². The van der Waals surface area contributed by atoms with Gasteiger partial charge in [0.1, 0.15) is 5.82 Å². The van der Waals surface area contributed by atoms with Crippen molar-refractivity contribution in [3.05, 3.63) is 50.9 Å². The fourth-order valence-corrected chi connectivity index (χ4v) is 4.93. The Bertz CT molecular complexity index is 1410. The fraction of sp³-hybridized carbons (Fsp3) is 0.458. The number of benzene rings is 1. The Morgan fingerprint density at radius 3 is 2.65 bits per heavy atom. The normalized spacial score (nSPS) is 11.7. The van der Waals surface area contributed by atoms with E-state index in [2.05, 4.69) is 23.8 Å². The van der Waals surface area contributed by atoms with E-state index in [1.165, 1.54) is 15.9 Å². The zero-order valence-electron chi connectivity index (χ0n) is 20.0. The molecule has 1 aromatic carbocycles. The molecule has 0 aliphatic rings. The van der Waals surface area contributed by atoms with Crippen LogP contribution < -0.4 is 16.1 Å². The van der Waals surface area contributed by atoms with Gasteiger partial charge in [-0.05, 0) is 24.5 Å². The molecule has 0 aliphatic carbocycles. The zero-order chi connectivity index (χ0) is 24.4. The highest BCUT2D eigenvalue weighted by Crippen LogP contribution is 2.28. The van der Waals surface area contributed by atoms with Crippen molar-refractivity contribution in [2.24, 2.45) is 5.92 Å². The number of carbonyl (C=O) groups is 1. The van der Waals surface area contributed by atoms with Crippen molar-refractivity contribution in [1.82, 2.24) is 24.1 Å². The largest absolute Gasteiger partial charge is 0.330 e. The Kier molecular flexibility index (Phi) is 6.97. The lowest BCUT2D eigenvalue weighted by Gasteiger charge is -2.14. The van der Waals surface area contributed by atoms with Crippen molar-refractivity contribution < 1.29 is 4.79 Å². The van der Waals surface area contributed by atoms with Crippen LogP contribution in [0.4, 0.5) is 5.13 Å². The van der Waals surface area contributed by atoms with E-state index < -0.39 is 11.2 Å². The lowest BCUT2D eigenvalue weighted by molar-refractivity contribution is -0.118. The van der Waals surface area contributed by atoms with Gasteiger partial charge in [-0.1, -0.05) is 50.7 Å². The molecule has 34 heavy (non-hydrogen) atoms. The van der Waals surface area contributed by atoms with Crippen LogP contribution in [0.5, 0.6) is 0 Å². The number of aryl methyl sites for hydroxylation is 2.